The molecule has 1 unspecified atom stereocenters. The first kappa shape index (κ1) is 14.4. The third-order valence-electron chi connectivity index (χ3n) is 2.62. The minimum atomic E-state index is -0.567. The number of aromatic nitrogens is 2. The van der Waals surface area contributed by atoms with Crippen LogP contribution in [0, 0.1) is 5.92 Å². The maximum Gasteiger partial charge on any atom is 0.269 e. The third kappa shape index (κ3) is 4.29. The molecule has 0 radical (unpaired) electrons. The van der Waals surface area contributed by atoms with Crippen LogP contribution in [0.2, 0.25) is 0 Å². The Morgan fingerprint density at radius 2 is 2.06 bits per heavy atom. The van der Waals surface area contributed by atoms with Crippen LogP contribution in [-0.4, -0.2) is 47.7 Å². The van der Waals surface area contributed by atoms with Gasteiger partial charge in [-0.3, -0.25) is 4.79 Å². The fourth-order valence-electron chi connectivity index (χ4n) is 1.55. The highest BCUT2D eigenvalue weighted by molar-refractivity contribution is 5.90. The van der Waals surface area contributed by atoms with E-state index in [0.717, 1.165) is 6.54 Å². The Morgan fingerprint density at radius 3 is 2.44 bits per heavy atom. The van der Waals surface area contributed by atoms with Crippen LogP contribution in [0.1, 0.15) is 24.3 Å². The Labute approximate surface area is 108 Å². The number of hydrogen-bond donors (Lipinski definition) is 2. The standard InChI is InChI=1S/C12H21N5O/c1-8(2)10(7-17(3)4)14-11-6-5-9(12(13)18)15-16-11/h5-6,8,10H,7H2,1-4H3,(H2,13,18)(H,14,16). The Bertz CT molecular complexity index is 388. The van der Waals surface area contributed by atoms with E-state index >= 15 is 0 Å². The number of nitrogens with one attached hydrogen (secondary N) is 1. The second-order valence-corrected chi connectivity index (χ2v) is 4.93. The van der Waals surface area contributed by atoms with Gasteiger partial charge in [-0.2, -0.15) is 0 Å². The number of primary amides is 1. The number of nitrogens with zero attached hydrogens (tertiary/aromatic N) is 3. The zero-order valence-corrected chi connectivity index (χ0v) is 11.3. The highest BCUT2D eigenvalue weighted by Crippen LogP contribution is 2.10. The summed E-state index contributed by atoms with van der Waals surface area (Å²) in [5.41, 5.74) is 5.29. The van der Waals surface area contributed by atoms with Gasteiger partial charge in [-0.05, 0) is 32.1 Å². The lowest BCUT2D eigenvalue weighted by Gasteiger charge is -2.25. The number of likely N-dealkylation sites (N-methyl/N-ethyl adjacent to an activating group) is 1. The van der Waals surface area contributed by atoms with Crippen LogP contribution in [0.3, 0.4) is 0 Å². The molecular weight excluding hydrogens is 230 g/mol. The van der Waals surface area contributed by atoms with Gasteiger partial charge in [0.25, 0.3) is 5.91 Å². The van der Waals surface area contributed by atoms with Crippen molar-refractivity contribution in [1.82, 2.24) is 15.1 Å². The van der Waals surface area contributed by atoms with Gasteiger partial charge < -0.3 is 16.0 Å². The molecule has 0 aliphatic heterocycles. The van der Waals surface area contributed by atoms with E-state index in [9.17, 15) is 4.79 Å². The molecule has 6 nitrogen and oxygen atoms in total. The Hall–Kier alpha value is -1.69. The number of hydrogen-bond acceptors (Lipinski definition) is 5. The molecule has 6 heteroatoms. The summed E-state index contributed by atoms with van der Waals surface area (Å²) in [6.07, 6.45) is 0. The fraction of sp³-hybridized carbons (Fsp3) is 0.583. The summed E-state index contributed by atoms with van der Waals surface area (Å²) < 4.78 is 0. The molecule has 3 N–H and O–H groups in total. The van der Waals surface area contributed by atoms with Crippen molar-refractivity contribution in [2.24, 2.45) is 11.7 Å². The molecule has 0 bridgehead atoms. The smallest absolute Gasteiger partial charge is 0.269 e. The summed E-state index contributed by atoms with van der Waals surface area (Å²) >= 11 is 0. The second-order valence-electron chi connectivity index (χ2n) is 4.93. The normalized spacial score (nSPS) is 12.8. The molecule has 1 rings (SSSR count). The SMILES string of the molecule is CC(C)C(CN(C)C)Nc1ccc(C(N)=O)nn1. The van der Waals surface area contributed by atoms with Crippen molar-refractivity contribution in [2.75, 3.05) is 26.0 Å². The van der Waals surface area contributed by atoms with Gasteiger partial charge in [0.2, 0.25) is 0 Å². The largest absolute Gasteiger partial charge is 0.364 e. The van der Waals surface area contributed by atoms with E-state index in [4.69, 9.17) is 5.73 Å². The van der Waals surface area contributed by atoms with E-state index in [0.29, 0.717) is 11.7 Å². The van der Waals surface area contributed by atoms with Crippen LogP contribution in [0.5, 0.6) is 0 Å². The van der Waals surface area contributed by atoms with Crippen LogP contribution in [0.25, 0.3) is 0 Å². The maximum absolute atomic E-state index is 10.9. The molecule has 1 amide bonds. The Morgan fingerprint density at radius 1 is 1.39 bits per heavy atom. The van der Waals surface area contributed by atoms with Crippen LogP contribution < -0.4 is 11.1 Å². The van der Waals surface area contributed by atoms with Crippen LogP contribution in [0.4, 0.5) is 5.82 Å². The zero-order chi connectivity index (χ0) is 13.7. The number of nitrogens with two attached hydrogens (primary N) is 1. The molecule has 0 aliphatic rings. The highest BCUT2D eigenvalue weighted by atomic mass is 16.1. The van der Waals surface area contributed by atoms with E-state index in [1.54, 1.807) is 12.1 Å². The molecule has 1 atom stereocenters. The lowest BCUT2D eigenvalue weighted by Crippen LogP contribution is -2.36. The maximum atomic E-state index is 10.9. The first-order chi connectivity index (χ1) is 8.40. The molecule has 0 spiro atoms. The van der Waals surface area contributed by atoms with Gasteiger partial charge in [-0.1, -0.05) is 13.8 Å². The van der Waals surface area contributed by atoms with Crippen molar-refractivity contribution in [3.63, 3.8) is 0 Å². The summed E-state index contributed by atoms with van der Waals surface area (Å²) in [5.74, 6) is 0.549. The topological polar surface area (TPSA) is 84.1 Å². The Kier molecular flexibility index (Phi) is 5.03. The quantitative estimate of drug-likeness (QED) is 0.772. The average Bonchev–Trinajstić information content (AvgIpc) is 2.28. The van der Waals surface area contributed by atoms with Crippen LogP contribution in [-0.2, 0) is 0 Å². The number of carbonyl (C=O) groups is 1. The third-order valence-corrected chi connectivity index (χ3v) is 2.62. The number of amides is 1. The van der Waals surface area contributed by atoms with Crippen LogP contribution in [0.15, 0.2) is 12.1 Å². The molecular formula is C12H21N5O. The van der Waals surface area contributed by atoms with Crippen molar-refractivity contribution in [3.8, 4) is 0 Å². The monoisotopic (exact) mass is 251 g/mol. The first-order valence-corrected chi connectivity index (χ1v) is 5.95. The van der Waals surface area contributed by atoms with Gasteiger partial charge in [0, 0.05) is 12.6 Å². The molecule has 1 aromatic rings. The van der Waals surface area contributed by atoms with Gasteiger partial charge in [-0.15, -0.1) is 10.2 Å². The summed E-state index contributed by atoms with van der Waals surface area (Å²) in [6, 6.07) is 3.57. The number of anilines is 1. The van der Waals surface area contributed by atoms with Gasteiger partial charge in [-0.25, -0.2) is 0 Å². The van der Waals surface area contributed by atoms with Crippen molar-refractivity contribution >= 4 is 11.7 Å². The molecule has 1 heterocycles. The van der Waals surface area contributed by atoms with E-state index in [1.165, 1.54) is 0 Å². The fourth-order valence-corrected chi connectivity index (χ4v) is 1.55. The summed E-state index contributed by atoms with van der Waals surface area (Å²) in [6.45, 7) is 5.19. The summed E-state index contributed by atoms with van der Waals surface area (Å²) in [7, 11) is 4.05. The average molecular weight is 251 g/mol. The summed E-state index contributed by atoms with van der Waals surface area (Å²) in [5, 5.41) is 11.0. The van der Waals surface area contributed by atoms with Crippen molar-refractivity contribution in [3.05, 3.63) is 17.8 Å². The molecule has 0 aliphatic carbocycles. The van der Waals surface area contributed by atoms with Gasteiger partial charge in [0.15, 0.2) is 5.69 Å². The van der Waals surface area contributed by atoms with Crippen molar-refractivity contribution < 1.29 is 4.79 Å². The zero-order valence-electron chi connectivity index (χ0n) is 11.3. The first-order valence-electron chi connectivity index (χ1n) is 5.95. The lowest BCUT2D eigenvalue weighted by molar-refractivity contribution is 0.0994. The molecule has 100 valence electrons. The molecule has 1 aromatic heterocycles. The Balaban J connectivity index is 2.72. The minimum absolute atomic E-state index is 0.175. The highest BCUT2D eigenvalue weighted by Gasteiger charge is 2.15. The molecule has 0 aromatic carbocycles. The number of rotatable bonds is 6. The van der Waals surface area contributed by atoms with E-state index in [-0.39, 0.29) is 11.7 Å². The number of carbonyl (C=O) groups excluding carboxylic acids is 1. The van der Waals surface area contributed by atoms with Gasteiger partial charge in [0.05, 0.1) is 0 Å². The molecule has 18 heavy (non-hydrogen) atoms. The lowest BCUT2D eigenvalue weighted by atomic mass is 10.0. The van der Waals surface area contributed by atoms with E-state index < -0.39 is 5.91 Å². The molecule has 0 saturated heterocycles. The van der Waals surface area contributed by atoms with Gasteiger partial charge >= 0.3 is 0 Å². The predicted octanol–water partition coefficient (Wildman–Crippen LogP) is 0.574. The summed E-state index contributed by atoms with van der Waals surface area (Å²) in [4.78, 5) is 13.0. The van der Waals surface area contributed by atoms with Gasteiger partial charge in [0.1, 0.15) is 5.82 Å². The predicted molar refractivity (Wildman–Crippen MR) is 71.4 cm³/mol. The van der Waals surface area contributed by atoms with Crippen molar-refractivity contribution in [1.29, 1.82) is 0 Å². The molecule has 0 saturated carbocycles. The minimum Gasteiger partial charge on any atom is -0.364 e. The van der Waals surface area contributed by atoms with E-state index in [1.807, 2.05) is 14.1 Å². The van der Waals surface area contributed by atoms with E-state index in [2.05, 4.69) is 34.3 Å². The second kappa shape index (κ2) is 6.30. The van der Waals surface area contributed by atoms with Crippen LogP contribution >= 0.6 is 0 Å². The van der Waals surface area contributed by atoms with Crippen molar-refractivity contribution in [2.45, 2.75) is 19.9 Å². The molecule has 0 fully saturated rings.